The number of aromatic nitrogens is 4. The molecule has 0 aliphatic heterocycles. The third kappa shape index (κ3) is 3.19. The Morgan fingerprint density at radius 1 is 1.36 bits per heavy atom. The van der Waals surface area contributed by atoms with Crippen LogP contribution in [0.15, 0.2) is 30.3 Å². The molecule has 0 unspecified atom stereocenters. The van der Waals surface area contributed by atoms with Crippen molar-refractivity contribution in [2.45, 2.75) is 26.2 Å². The van der Waals surface area contributed by atoms with E-state index >= 15 is 0 Å². The number of rotatable bonds is 3. The summed E-state index contributed by atoms with van der Waals surface area (Å²) in [4.78, 5) is 14.8. The Kier molecular flexibility index (Phi) is 4.09. The number of amides is 1. The third-order valence-corrected chi connectivity index (χ3v) is 5.79. The van der Waals surface area contributed by atoms with Gasteiger partial charge in [0.15, 0.2) is 5.82 Å². The second kappa shape index (κ2) is 6.40. The molecule has 1 aliphatic carbocycles. The first-order valence-corrected chi connectivity index (χ1v) is 9.17. The minimum Gasteiger partial charge on any atom is -0.321 e. The minimum absolute atomic E-state index is 0.0553. The number of thiophene rings is 1. The van der Waals surface area contributed by atoms with Crippen LogP contribution in [0.4, 0.5) is 5.69 Å². The Bertz CT molecular complexity index is 929. The molecule has 0 fully saturated rings. The van der Waals surface area contributed by atoms with Crippen LogP contribution in [-0.2, 0) is 19.9 Å². The number of fused-ring (bicyclic) bond motifs is 1. The molecular weight excluding hydrogens is 334 g/mol. The van der Waals surface area contributed by atoms with Crippen LogP contribution in [-0.4, -0.2) is 26.1 Å². The number of anilines is 1. The monoisotopic (exact) mass is 353 g/mol. The number of hydrogen-bond donors (Lipinski definition) is 1. The molecule has 4 rings (SSSR count). The van der Waals surface area contributed by atoms with E-state index in [-0.39, 0.29) is 5.91 Å². The van der Waals surface area contributed by atoms with Crippen molar-refractivity contribution >= 4 is 22.9 Å². The van der Waals surface area contributed by atoms with Gasteiger partial charge in [-0.1, -0.05) is 19.1 Å². The Hall–Kier alpha value is -2.54. The molecule has 0 saturated carbocycles. The molecule has 1 atom stereocenters. The van der Waals surface area contributed by atoms with E-state index in [1.807, 2.05) is 24.3 Å². The fourth-order valence-corrected chi connectivity index (χ4v) is 4.32. The molecule has 1 aromatic carbocycles. The molecule has 0 radical (unpaired) electrons. The third-order valence-electron chi connectivity index (χ3n) is 4.55. The number of carbonyl (C=O) groups excluding carboxylic acids is 1. The topological polar surface area (TPSA) is 72.7 Å². The summed E-state index contributed by atoms with van der Waals surface area (Å²) in [5, 5.41) is 14.5. The zero-order valence-electron chi connectivity index (χ0n) is 14.2. The molecule has 0 saturated heterocycles. The number of benzene rings is 1. The smallest absolute Gasteiger partial charge is 0.265 e. The summed E-state index contributed by atoms with van der Waals surface area (Å²) in [6.07, 6.45) is 3.37. The van der Waals surface area contributed by atoms with Gasteiger partial charge in [-0.2, -0.15) is 0 Å². The summed E-state index contributed by atoms with van der Waals surface area (Å²) in [5.74, 6) is 1.31. The van der Waals surface area contributed by atoms with E-state index in [1.165, 1.54) is 16.9 Å². The SMILES string of the molecule is C[C@H]1CCc2sc(C(=O)Nc3cccc(-c4nnnn4C)c3)cc2C1. The van der Waals surface area contributed by atoms with E-state index in [4.69, 9.17) is 0 Å². The fourth-order valence-electron chi connectivity index (χ4n) is 3.22. The van der Waals surface area contributed by atoms with Crippen LogP contribution in [0.2, 0.25) is 0 Å². The second-order valence-corrected chi connectivity index (χ2v) is 7.70. The van der Waals surface area contributed by atoms with Crippen LogP contribution in [0.5, 0.6) is 0 Å². The lowest BCUT2D eigenvalue weighted by atomic mass is 9.90. The average molecular weight is 353 g/mol. The van der Waals surface area contributed by atoms with Gasteiger partial charge in [0.1, 0.15) is 0 Å². The van der Waals surface area contributed by atoms with Gasteiger partial charge in [0, 0.05) is 23.2 Å². The molecule has 1 aliphatic rings. The Balaban J connectivity index is 1.55. The number of hydrogen-bond acceptors (Lipinski definition) is 5. The van der Waals surface area contributed by atoms with Crippen molar-refractivity contribution in [3.63, 3.8) is 0 Å². The quantitative estimate of drug-likeness (QED) is 0.784. The molecule has 2 aromatic heterocycles. The number of aryl methyl sites for hydroxylation is 2. The van der Waals surface area contributed by atoms with Gasteiger partial charge >= 0.3 is 0 Å². The summed E-state index contributed by atoms with van der Waals surface area (Å²) in [6, 6.07) is 9.63. The number of nitrogens with zero attached hydrogens (tertiary/aromatic N) is 4. The number of tetrazole rings is 1. The van der Waals surface area contributed by atoms with Gasteiger partial charge in [-0.15, -0.1) is 16.4 Å². The van der Waals surface area contributed by atoms with Crippen molar-refractivity contribution in [3.8, 4) is 11.4 Å². The molecule has 1 amide bonds. The van der Waals surface area contributed by atoms with E-state index in [9.17, 15) is 4.79 Å². The van der Waals surface area contributed by atoms with E-state index in [2.05, 4.69) is 33.8 Å². The summed E-state index contributed by atoms with van der Waals surface area (Å²) < 4.78 is 1.61. The standard InChI is InChI=1S/C18H19N5OS/c1-11-6-7-15-13(8-11)10-16(25-15)18(24)19-14-5-3-4-12(9-14)17-20-21-22-23(17)2/h3-5,9-11H,6-8H2,1-2H3,(H,19,24)/t11-/m0/s1. The van der Waals surface area contributed by atoms with Gasteiger partial charge in [0.2, 0.25) is 0 Å². The highest BCUT2D eigenvalue weighted by molar-refractivity contribution is 7.14. The van der Waals surface area contributed by atoms with Gasteiger partial charge in [-0.3, -0.25) is 4.79 Å². The van der Waals surface area contributed by atoms with Crippen molar-refractivity contribution in [1.29, 1.82) is 0 Å². The van der Waals surface area contributed by atoms with Gasteiger partial charge in [-0.25, -0.2) is 4.68 Å². The summed E-state index contributed by atoms with van der Waals surface area (Å²) in [5.41, 5.74) is 2.95. The predicted molar refractivity (Wildman–Crippen MR) is 97.7 cm³/mol. The Labute approximate surface area is 149 Å². The average Bonchev–Trinajstić information content (AvgIpc) is 3.20. The highest BCUT2D eigenvalue weighted by Crippen LogP contribution is 2.32. The Morgan fingerprint density at radius 2 is 2.24 bits per heavy atom. The maximum absolute atomic E-state index is 12.6. The largest absolute Gasteiger partial charge is 0.321 e. The first kappa shape index (κ1) is 16.0. The van der Waals surface area contributed by atoms with Crippen LogP contribution in [0.3, 0.4) is 0 Å². The van der Waals surface area contributed by atoms with Crippen LogP contribution in [0, 0.1) is 5.92 Å². The lowest BCUT2D eigenvalue weighted by molar-refractivity contribution is 0.103. The summed E-state index contributed by atoms with van der Waals surface area (Å²) in [7, 11) is 1.79. The summed E-state index contributed by atoms with van der Waals surface area (Å²) in [6.45, 7) is 2.27. The van der Waals surface area contributed by atoms with Crippen LogP contribution in [0.1, 0.15) is 33.5 Å². The molecule has 3 aromatic rings. The molecule has 25 heavy (non-hydrogen) atoms. The Morgan fingerprint density at radius 3 is 3.04 bits per heavy atom. The van der Waals surface area contributed by atoms with Crippen LogP contribution >= 0.6 is 11.3 Å². The number of carbonyl (C=O) groups is 1. The van der Waals surface area contributed by atoms with Crippen molar-refractivity contribution in [2.75, 3.05) is 5.32 Å². The highest BCUT2D eigenvalue weighted by Gasteiger charge is 2.20. The van der Waals surface area contributed by atoms with Gasteiger partial charge in [0.05, 0.1) is 4.88 Å². The molecule has 6 nitrogen and oxygen atoms in total. The van der Waals surface area contributed by atoms with Gasteiger partial charge in [-0.05, 0) is 59.4 Å². The predicted octanol–water partition coefficient (Wildman–Crippen LogP) is 3.32. The maximum atomic E-state index is 12.6. The van der Waals surface area contributed by atoms with E-state index in [1.54, 1.807) is 23.1 Å². The van der Waals surface area contributed by atoms with E-state index in [0.29, 0.717) is 11.7 Å². The molecule has 2 heterocycles. The van der Waals surface area contributed by atoms with E-state index in [0.717, 1.165) is 29.0 Å². The maximum Gasteiger partial charge on any atom is 0.265 e. The lowest BCUT2D eigenvalue weighted by Gasteiger charge is -2.16. The lowest BCUT2D eigenvalue weighted by Crippen LogP contribution is -2.10. The molecule has 128 valence electrons. The van der Waals surface area contributed by atoms with Crippen LogP contribution < -0.4 is 5.32 Å². The molecule has 0 spiro atoms. The van der Waals surface area contributed by atoms with Gasteiger partial charge in [0.25, 0.3) is 5.91 Å². The first-order chi connectivity index (χ1) is 12.1. The van der Waals surface area contributed by atoms with Gasteiger partial charge < -0.3 is 5.32 Å². The minimum atomic E-state index is -0.0553. The number of nitrogens with one attached hydrogen (secondary N) is 1. The van der Waals surface area contributed by atoms with E-state index < -0.39 is 0 Å². The zero-order valence-corrected chi connectivity index (χ0v) is 15.0. The highest BCUT2D eigenvalue weighted by atomic mass is 32.1. The van der Waals surface area contributed by atoms with Crippen molar-refractivity contribution in [1.82, 2.24) is 20.2 Å². The zero-order chi connectivity index (χ0) is 17.4. The molecular formula is C18H19N5OS. The second-order valence-electron chi connectivity index (χ2n) is 6.57. The molecule has 1 N–H and O–H groups in total. The fraction of sp³-hybridized carbons (Fsp3) is 0.333. The van der Waals surface area contributed by atoms with Crippen molar-refractivity contribution in [3.05, 3.63) is 45.6 Å². The van der Waals surface area contributed by atoms with Crippen LogP contribution in [0.25, 0.3) is 11.4 Å². The normalized spacial score (nSPS) is 16.5. The first-order valence-electron chi connectivity index (χ1n) is 8.36. The summed E-state index contributed by atoms with van der Waals surface area (Å²) >= 11 is 1.62. The van der Waals surface area contributed by atoms with Crippen molar-refractivity contribution in [2.24, 2.45) is 13.0 Å². The molecule has 0 bridgehead atoms. The van der Waals surface area contributed by atoms with Crippen molar-refractivity contribution < 1.29 is 4.79 Å². The molecule has 7 heteroatoms.